The summed E-state index contributed by atoms with van der Waals surface area (Å²) in [4.78, 5) is 4.15. The number of aliphatic imine (C=N–C) groups is 1. The van der Waals surface area contributed by atoms with Gasteiger partial charge in [-0.2, -0.15) is 0 Å². The molecule has 3 N–H and O–H groups in total. The highest BCUT2D eigenvalue weighted by Crippen LogP contribution is 2.37. The third-order valence-electron chi connectivity index (χ3n) is 2.86. The fourth-order valence-electron chi connectivity index (χ4n) is 1.99. The van der Waals surface area contributed by atoms with E-state index in [0.717, 1.165) is 0 Å². The first-order valence-corrected chi connectivity index (χ1v) is 6.56. The fraction of sp³-hybridized carbons (Fsp3) is 0.900. The Kier molecular flexibility index (Phi) is 3.92. The van der Waals surface area contributed by atoms with Crippen molar-refractivity contribution in [2.45, 2.75) is 49.8 Å². The number of alkyl halides is 1. The van der Waals surface area contributed by atoms with Crippen LogP contribution in [0.4, 0.5) is 4.39 Å². The minimum atomic E-state index is -1.50. The van der Waals surface area contributed by atoms with Gasteiger partial charge in [0.05, 0.1) is 6.10 Å². The van der Waals surface area contributed by atoms with Crippen LogP contribution in [0.5, 0.6) is 0 Å². The molecule has 0 bridgehead atoms. The number of amidine groups is 1. The van der Waals surface area contributed by atoms with E-state index in [1.54, 1.807) is 0 Å². The predicted molar refractivity (Wildman–Crippen MR) is 63.7 cm³/mol. The number of hydrogen-bond acceptors (Lipinski definition) is 6. The van der Waals surface area contributed by atoms with Gasteiger partial charge < -0.3 is 20.3 Å². The lowest BCUT2D eigenvalue weighted by Gasteiger charge is -2.38. The number of halogens is 1. The van der Waals surface area contributed by atoms with Crippen LogP contribution in [0.15, 0.2) is 4.99 Å². The van der Waals surface area contributed by atoms with Gasteiger partial charge in [0.1, 0.15) is 23.7 Å². The number of nitrogens with one attached hydrogen (secondary N) is 1. The Morgan fingerprint density at radius 3 is 2.94 bits per heavy atom. The van der Waals surface area contributed by atoms with Gasteiger partial charge in [0, 0.05) is 6.54 Å². The van der Waals surface area contributed by atoms with E-state index < -0.39 is 36.0 Å². The van der Waals surface area contributed by atoms with E-state index in [1.165, 1.54) is 18.7 Å². The lowest BCUT2D eigenvalue weighted by Crippen LogP contribution is -2.56. The van der Waals surface area contributed by atoms with Crippen molar-refractivity contribution in [3.63, 3.8) is 0 Å². The molecular weight excluding hydrogens is 247 g/mol. The van der Waals surface area contributed by atoms with Crippen LogP contribution in [0, 0.1) is 0 Å². The van der Waals surface area contributed by atoms with Gasteiger partial charge >= 0.3 is 0 Å². The summed E-state index contributed by atoms with van der Waals surface area (Å²) in [6, 6.07) is -0.695. The van der Waals surface area contributed by atoms with Crippen LogP contribution in [-0.4, -0.2) is 57.9 Å². The van der Waals surface area contributed by atoms with E-state index in [-0.39, 0.29) is 0 Å². The number of rotatable bonds is 2. The van der Waals surface area contributed by atoms with Gasteiger partial charge in [-0.3, -0.25) is 4.99 Å². The standard InChI is InChI=1S/C10H17FN2O3S/c1-3-12-10-13-6-5(11)7(15)8(4(2)14)16-9(6)17-10/h4-9,14-15H,3H2,1-2H3,(H,12,13)/t4-,5+,6-,7+,8-,9-/m1/s1. The van der Waals surface area contributed by atoms with Crippen LogP contribution in [-0.2, 0) is 4.74 Å². The van der Waals surface area contributed by atoms with Gasteiger partial charge in [-0.15, -0.1) is 0 Å². The van der Waals surface area contributed by atoms with Crippen molar-refractivity contribution in [2.75, 3.05) is 6.54 Å². The first-order valence-electron chi connectivity index (χ1n) is 5.68. The van der Waals surface area contributed by atoms with E-state index in [1.807, 2.05) is 6.92 Å². The van der Waals surface area contributed by atoms with Crippen molar-refractivity contribution < 1.29 is 19.3 Å². The van der Waals surface area contributed by atoms with Crippen LogP contribution in [0.3, 0.4) is 0 Å². The molecule has 2 rings (SSSR count). The normalized spacial score (nSPS) is 42.9. The lowest BCUT2D eigenvalue weighted by atomic mass is 9.97. The van der Waals surface area contributed by atoms with Gasteiger partial charge in [0.2, 0.25) is 0 Å². The van der Waals surface area contributed by atoms with Crippen LogP contribution in [0.1, 0.15) is 13.8 Å². The molecule has 0 aliphatic carbocycles. The molecular formula is C10H17FN2O3S. The molecule has 0 aromatic rings. The van der Waals surface area contributed by atoms with E-state index in [9.17, 15) is 14.6 Å². The number of aliphatic hydroxyl groups is 2. The second-order valence-corrected chi connectivity index (χ2v) is 5.30. The number of hydrogen-bond donors (Lipinski definition) is 3. The van der Waals surface area contributed by atoms with Crippen LogP contribution in [0.2, 0.25) is 0 Å². The van der Waals surface area contributed by atoms with Gasteiger partial charge in [-0.05, 0) is 13.8 Å². The molecule has 0 aromatic carbocycles. The first-order chi connectivity index (χ1) is 8.04. The van der Waals surface area contributed by atoms with Crippen molar-refractivity contribution in [3.8, 4) is 0 Å². The van der Waals surface area contributed by atoms with Gasteiger partial charge in [-0.1, -0.05) is 11.8 Å². The Hall–Kier alpha value is -0.370. The maximum absolute atomic E-state index is 14.0. The zero-order chi connectivity index (χ0) is 12.6. The van der Waals surface area contributed by atoms with E-state index >= 15 is 0 Å². The summed E-state index contributed by atoms with van der Waals surface area (Å²) < 4.78 is 19.5. The minimum Gasteiger partial charge on any atom is -0.391 e. The number of fused-ring (bicyclic) bond motifs is 1. The molecule has 2 heterocycles. The zero-order valence-corrected chi connectivity index (χ0v) is 10.5. The molecule has 1 fully saturated rings. The molecule has 7 heteroatoms. The molecule has 0 spiro atoms. The summed E-state index contributed by atoms with van der Waals surface area (Å²) in [5.41, 5.74) is -0.470. The lowest BCUT2D eigenvalue weighted by molar-refractivity contribution is -0.165. The Labute approximate surface area is 103 Å². The summed E-state index contributed by atoms with van der Waals surface area (Å²) in [7, 11) is 0. The molecule has 0 amide bonds. The van der Waals surface area contributed by atoms with Gasteiger partial charge in [0.25, 0.3) is 0 Å². The summed E-state index contributed by atoms with van der Waals surface area (Å²) in [5, 5.41) is 22.8. The average molecular weight is 264 g/mol. The summed E-state index contributed by atoms with van der Waals surface area (Å²) >= 11 is 1.30. The van der Waals surface area contributed by atoms with Gasteiger partial charge in [-0.25, -0.2) is 4.39 Å². The van der Waals surface area contributed by atoms with Crippen LogP contribution >= 0.6 is 11.8 Å². The topological polar surface area (TPSA) is 74.1 Å². The highest BCUT2D eigenvalue weighted by molar-refractivity contribution is 8.14. The molecule has 0 aromatic heterocycles. The minimum absolute atomic E-state index is 0.470. The quantitative estimate of drug-likeness (QED) is 0.648. The molecule has 2 aliphatic heterocycles. The largest absolute Gasteiger partial charge is 0.391 e. The van der Waals surface area contributed by atoms with Crippen LogP contribution < -0.4 is 5.32 Å². The predicted octanol–water partition coefficient (Wildman–Crippen LogP) is -0.128. The molecule has 1 saturated heterocycles. The van der Waals surface area contributed by atoms with Crippen molar-refractivity contribution in [1.82, 2.24) is 5.32 Å². The number of aliphatic hydroxyl groups excluding tert-OH is 2. The maximum atomic E-state index is 14.0. The second kappa shape index (κ2) is 5.09. The molecule has 2 aliphatic rings. The molecule has 5 nitrogen and oxygen atoms in total. The third-order valence-corrected chi connectivity index (χ3v) is 3.95. The molecule has 98 valence electrons. The molecule has 0 unspecified atom stereocenters. The average Bonchev–Trinajstić information content (AvgIpc) is 2.66. The van der Waals surface area contributed by atoms with E-state index in [4.69, 9.17) is 4.74 Å². The molecule has 0 saturated carbocycles. The Balaban J connectivity index is 2.10. The van der Waals surface area contributed by atoms with E-state index in [0.29, 0.717) is 11.7 Å². The van der Waals surface area contributed by atoms with Crippen molar-refractivity contribution >= 4 is 16.9 Å². The number of nitrogens with zero attached hydrogens (tertiary/aromatic N) is 1. The monoisotopic (exact) mass is 264 g/mol. The van der Waals surface area contributed by atoms with E-state index in [2.05, 4.69) is 10.3 Å². The molecule has 6 atom stereocenters. The summed E-state index contributed by atoms with van der Waals surface area (Å²) in [6.45, 7) is 4.10. The zero-order valence-electron chi connectivity index (χ0n) is 9.71. The summed E-state index contributed by atoms with van der Waals surface area (Å²) in [6.07, 6.45) is -4.64. The Morgan fingerprint density at radius 2 is 2.35 bits per heavy atom. The smallest absolute Gasteiger partial charge is 0.159 e. The van der Waals surface area contributed by atoms with Crippen molar-refractivity contribution in [1.29, 1.82) is 0 Å². The van der Waals surface area contributed by atoms with Gasteiger partial charge in [0.15, 0.2) is 11.3 Å². The first kappa shape index (κ1) is 13.1. The fourth-order valence-corrected chi connectivity index (χ4v) is 3.16. The highest BCUT2D eigenvalue weighted by Gasteiger charge is 2.50. The third kappa shape index (κ3) is 2.42. The maximum Gasteiger partial charge on any atom is 0.159 e. The number of thioether (sulfide) groups is 1. The number of ether oxygens (including phenoxy) is 1. The Bertz CT molecular complexity index is 316. The van der Waals surface area contributed by atoms with Crippen molar-refractivity contribution in [3.05, 3.63) is 0 Å². The Morgan fingerprint density at radius 1 is 1.65 bits per heavy atom. The van der Waals surface area contributed by atoms with Crippen LogP contribution in [0.25, 0.3) is 0 Å². The molecule has 0 radical (unpaired) electrons. The SMILES string of the molecule is CCNC1=N[C@@H]2[C@H](F)[C@H](O)[C@@H]([C@@H](C)O)O[C@@H]2S1. The summed E-state index contributed by atoms with van der Waals surface area (Å²) in [5.74, 6) is 0. The molecule has 17 heavy (non-hydrogen) atoms. The highest BCUT2D eigenvalue weighted by atomic mass is 32.2. The second-order valence-electron chi connectivity index (χ2n) is 4.22. The van der Waals surface area contributed by atoms with Crippen molar-refractivity contribution in [2.24, 2.45) is 4.99 Å².